The van der Waals surface area contributed by atoms with Crippen LogP contribution >= 0.6 is 0 Å². The molecule has 1 rings (SSSR count). The zero-order chi connectivity index (χ0) is 13.8. The molecule has 0 N–H and O–H groups in total. The third-order valence-corrected chi connectivity index (χ3v) is 1.87. The number of hydrogen-bond acceptors (Lipinski definition) is 3. The number of carbonyl (C=O) groups is 1. The smallest absolute Gasteiger partial charge is 0.416 e. The largest absolute Gasteiger partial charge is 0.459 e. The summed E-state index contributed by atoms with van der Waals surface area (Å²) >= 11 is 0. The van der Waals surface area contributed by atoms with Crippen LogP contribution in [-0.4, -0.2) is 18.3 Å². The average molecular weight is 259 g/mol. The molecule has 3 nitrogen and oxygen atoms in total. The van der Waals surface area contributed by atoms with Gasteiger partial charge < -0.3 is 4.74 Å². The van der Waals surface area contributed by atoms with E-state index in [1.165, 1.54) is 12.1 Å². The van der Waals surface area contributed by atoms with Crippen LogP contribution in [0.2, 0.25) is 0 Å². The molecule has 0 aliphatic heterocycles. The lowest BCUT2D eigenvalue weighted by Gasteiger charge is -2.06. The van der Waals surface area contributed by atoms with Crippen LogP contribution in [0.5, 0.6) is 0 Å². The van der Waals surface area contributed by atoms with E-state index in [4.69, 9.17) is 4.74 Å². The SMILES string of the molecule is CC(C)OC(=O)C=Nc1ccc(C(F)(F)F)cc1. The summed E-state index contributed by atoms with van der Waals surface area (Å²) in [5, 5.41) is 0. The van der Waals surface area contributed by atoms with Gasteiger partial charge in [0.15, 0.2) is 0 Å². The van der Waals surface area contributed by atoms with Gasteiger partial charge in [-0.25, -0.2) is 9.79 Å². The van der Waals surface area contributed by atoms with Gasteiger partial charge in [-0.1, -0.05) is 0 Å². The highest BCUT2D eigenvalue weighted by atomic mass is 19.4. The Hall–Kier alpha value is -1.85. The minimum Gasteiger partial charge on any atom is -0.459 e. The average Bonchev–Trinajstić information content (AvgIpc) is 2.25. The Labute approximate surface area is 102 Å². The van der Waals surface area contributed by atoms with Crippen molar-refractivity contribution in [2.45, 2.75) is 26.1 Å². The number of rotatable bonds is 3. The van der Waals surface area contributed by atoms with Crippen molar-refractivity contribution in [3.63, 3.8) is 0 Å². The minimum absolute atomic E-state index is 0.253. The summed E-state index contributed by atoms with van der Waals surface area (Å²) in [4.78, 5) is 14.8. The highest BCUT2D eigenvalue weighted by molar-refractivity contribution is 6.23. The Kier molecular flexibility index (Phi) is 4.47. The first kappa shape index (κ1) is 14.2. The highest BCUT2D eigenvalue weighted by Gasteiger charge is 2.29. The topological polar surface area (TPSA) is 38.7 Å². The molecule has 0 saturated carbocycles. The lowest BCUT2D eigenvalue weighted by atomic mass is 10.2. The predicted octanol–water partition coefficient (Wildman–Crippen LogP) is 3.36. The monoisotopic (exact) mass is 259 g/mol. The molecular formula is C12H12F3NO2. The van der Waals surface area contributed by atoms with Gasteiger partial charge in [0.25, 0.3) is 0 Å². The number of esters is 1. The Morgan fingerprint density at radius 2 is 1.83 bits per heavy atom. The Bertz CT molecular complexity index is 436. The summed E-state index contributed by atoms with van der Waals surface area (Å²) < 4.78 is 41.6. The molecule has 0 unspecified atom stereocenters. The number of carbonyl (C=O) groups excluding carboxylic acids is 1. The molecule has 0 aliphatic rings. The van der Waals surface area contributed by atoms with Crippen molar-refractivity contribution >= 4 is 17.9 Å². The summed E-state index contributed by atoms with van der Waals surface area (Å²) in [6.45, 7) is 3.37. The zero-order valence-corrected chi connectivity index (χ0v) is 9.86. The van der Waals surface area contributed by atoms with Crippen molar-refractivity contribution in [2.75, 3.05) is 0 Å². The Morgan fingerprint density at radius 3 is 2.28 bits per heavy atom. The molecule has 1 aromatic rings. The van der Waals surface area contributed by atoms with Crippen LogP contribution in [0.15, 0.2) is 29.3 Å². The highest BCUT2D eigenvalue weighted by Crippen LogP contribution is 2.30. The Morgan fingerprint density at radius 1 is 1.28 bits per heavy atom. The van der Waals surface area contributed by atoms with Gasteiger partial charge in [-0.15, -0.1) is 0 Å². The van der Waals surface area contributed by atoms with Crippen molar-refractivity contribution in [1.29, 1.82) is 0 Å². The maximum atomic E-state index is 12.3. The van der Waals surface area contributed by atoms with Crippen LogP contribution in [0.1, 0.15) is 19.4 Å². The molecule has 0 fully saturated rings. The summed E-state index contributed by atoms with van der Waals surface area (Å²) in [5.74, 6) is -0.634. The Balaban J connectivity index is 2.70. The van der Waals surface area contributed by atoms with Gasteiger partial charge in [0.05, 0.1) is 17.4 Å². The number of hydrogen-bond donors (Lipinski definition) is 0. The molecular weight excluding hydrogens is 247 g/mol. The molecule has 0 bridgehead atoms. The maximum Gasteiger partial charge on any atom is 0.416 e. The van der Waals surface area contributed by atoms with Crippen molar-refractivity contribution in [3.05, 3.63) is 29.8 Å². The van der Waals surface area contributed by atoms with Gasteiger partial charge >= 0.3 is 12.1 Å². The summed E-state index contributed by atoms with van der Waals surface area (Å²) in [5.41, 5.74) is -0.505. The molecule has 0 spiro atoms. The van der Waals surface area contributed by atoms with Gasteiger partial charge in [-0.05, 0) is 38.1 Å². The number of halogens is 3. The summed E-state index contributed by atoms with van der Waals surface area (Å²) in [7, 11) is 0. The molecule has 0 radical (unpaired) electrons. The number of ether oxygens (including phenoxy) is 1. The van der Waals surface area contributed by atoms with E-state index in [1.807, 2.05) is 0 Å². The fourth-order valence-electron chi connectivity index (χ4n) is 1.13. The van der Waals surface area contributed by atoms with Crippen molar-refractivity contribution < 1.29 is 22.7 Å². The normalized spacial score (nSPS) is 12.1. The fourth-order valence-corrected chi connectivity index (χ4v) is 1.13. The summed E-state index contributed by atoms with van der Waals surface area (Å²) in [6.07, 6.45) is -3.71. The minimum atomic E-state index is -4.38. The first-order valence-electron chi connectivity index (χ1n) is 5.21. The first-order chi connectivity index (χ1) is 8.29. The van der Waals surface area contributed by atoms with Crippen molar-refractivity contribution in [2.24, 2.45) is 4.99 Å². The van der Waals surface area contributed by atoms with Crippen LogP contribution in [0.3, 0.4) is 0 Å². The third-order valence-electron chi connectivity index (χ3n) is 1.87. The standard InChI is InChI=1S/C12H12F3NO2/c1-8(2)18-11(17)7-16-10-5-3-9(4-6-10)12(13,14)15/h3-8H,1-2H3. The van der Waals surface area contributed by atoms with E-state index in [0.717, 1.165) is 18.3 Å². The lowest BCUT2D eigenvalue weighted by Crippen LogP contribution is -2.11. The van der Waals surface area contributed by atoms with Gasteiger partial charge in [-0.2, -0.15) is 13.2 Å². The predicted molar refractivity (Wildman–Crippen MR) is 60.8 cm³/mol. The lowest BCUT2D eigenvalue weighted by molar-refractivity contribution is -0.139. The van der Waals surface area contributed by atoms with Gasteiger partial charge in [0.1, 0.15) is 6.21 Å². The van der Waals surface area contributed by atoms with E-state index < -0.39 is 17.7 Å². The molecule has 18 heavy (non-hydrogen) atoms. The molecule has 0 aromatic heterocycles. The molecule has 0 atom stereocenters. The van der Waals surface area contributed by atoms with Crippen LogP contribution in [0.4, 0.5) is 18.9 Å². The van der Waals surface area contributed by atoms with Crippen LogP contribution < -0.4 is 0 Å². The van der Waals surface area contributed by atoms with Gasteiger partial charge in [0.2, 0.25) is 0 Å². The maximum absolute atomic E-state index is 12.3. The fraction of sp³-hybridized carbons (Fsp3) is 0.333. The zero-order valence-electron chi connectivity index (χ0n) is 9.86. The molecule has 0 heterocycles. The van der Waals surface area contributed by atoms with E-state index >= 15 is 0 Å². The van der Waals surface area contributed by atoms with E-state index in [0.29, 0.717) is 0 Å². The van der Waals surface area contributed by atoms with E-state index in [9.17, 15) is 18.0 Å². The second kappa shape index (κ2) is 5.66. The first-order valence-corrected chi connectivity index (χ1v) is 5.21. The van der Waals surface area contributed by atoms with Gasteiger partial charge in [-0.3, -0.25) is 0 Å². The third kappa shape index (κ3) is 4.57. The van der Waals surface area contributed by atoms with Crippen molar-refractivity contribution in [1.82, 2.24) is 0 Å². The van der Waals surface area contributed by atoms with E-state index in [1.54, 1.807) is 13.8 Å². The molecule has 0 saturated heterocycles. The second-order valence-electron chi connectivity index (χ2n) is 3.79. The van der Waals surface area contributed by atoms with E-state index in [-0.39, 0.29) is 11.8 Å². The number of nitrogens with zero attached hydrogens (tertiary/aromatic N) is 1. The van der Waals surface area contributed by atoms with Crippen molar-refractivity contribution in [3.8, 4) is 0 Å². The van der Waals surface area contributed by atoms with Crippen LogP contribution in [0, 0.1) is 0 Å². The molecule has 6 heteroatoms. The quantitative estimate of drug-likeness (QED) is 0.616. The van der Waals surface area contributed by atoms with Crippen LogP contribution in [0.25, 0.3) is 0 Å². The second-order valence-corrected chi connectivity index (χ2v) is 3.79. The molecule has 0 amide bonds. The van der Waals surface area contributed by atoms with Crippen LogP contribution in [-0.2, 0) is 15.7 Å². The molecule has 1 aromatic carbocycles. The number of benzene rings is 1. The summed E-state index contributed by atoms with van der Waals surface area (Å²) in [6, 6.07) is 4.17. The molecule has 0 aliphatic carbocycles. The van der Waals surface area contributed by atoms with Gasteiger partial charge in [0, 0.05) is 0 Å². The molecule has 98 valence electrons. The number of alkyl halides is 3. The number of aliphatic imine (C=N–C) groups is 1. The van der Waals surface area contributed by atoms with E-state index in [2.05, 4.69) is 4.99 Å².